The fraction of sp³-hybridized carbons (Fsp3) is 0.700. The van der Waals surface area contributed by atoms with Crippen LogP contribution in [0.4, 0.5) is 4.79 Å². The van der Waals surface area contributed by atoms with Gasteiger partial charge in [0, 0.05) is 6.92 Å². The van der Waals surface area contributed by atoms with Crippen LogP contribution in [-0.2, 0) is 9.53 Å². The summed E-state index contributed by atoms with van der Waals surface area (Å²) in [5.41, 5.74) is 2.27. The van der Waals surface area contributed by atoms with E-state index in [1.807, 2.05) is 0 Å². The molecule has 0 aliphatic rings. The van der Waals surface area contributed by atoms with Crippen molar-refractivity contribution in [1.82, 2.24) is 10.7 Å². The van der Waals surface area contributed by atoms with Crippen molar-refractivity contribution < 1.29 is 14.3 Å². The molecule has 0 aromatic heterocycles. The first-order chi connectivity index (χ1) is 7.20. The number of ether oxygens (including phenoxy) is 1. The first-order valence-electron chi connectivity index (χ1n) is 4.97. The Balaban J connectivity index is 3.97. The monoisotopic (exact) mass is 229 g/mol. The zero-order chi connectivity index (χ0) is 12.8. The summed E-state index contributed by atoms with van der Waals surface area (Å²) >= 11 is 0. The molecule has 0 radical (unpaired) electrons. The minimum atomic E-state index is -0.616. The van der Waals surface area contributed by atoms with Crippen LogP contribution in [0.1, 0.15) is 34.6 Å². The van der Waals surface area contributed by atoms with Crippen LogP contribution in [-0.4, -0.2) is 29.9 Å². The third-order valence-electron chi connectivity index (χ3n) is 1.33. The van der Waals surface area contributed by atoms with E-state index in [1.54, 1.807) is 27.7 Å². The zero-order valence-corrected chi connectivity index (χ0v) is 10.4. The highest BCUT2D eigenvalue weighted by atomic mass is 16.6. The van der Waals surface area contributed by atoms with Crippen molar-refractivity contribution in [3.05, 3.63) is 0 Å². The maximum absolute atomic E-state index is 11.2. The Bertz CT molecular complexity index is 292. The normalized spacial score (nSPS) is 11.9. The van der Waals surface area contributed by atoms with Crippen molar-refractivity contribution >= 4 is 17.7 Å². The summed E-state index contributed by atoms with van der Waals surface area (Å²) in [5, 5.41) is 6.31. The van der Waals surface area contributed by atoms with Gasteiger partial charge in [0.05, 0.1) is 12.3 Å². The minimum Gasteiger partial charge on any atom is -0.443 e. The van der Waals surface area contributed by atoms with E-state index in [9.17, 15) is 9.59 Å². The van der Waals surface area contributed by atoms with Gasteiger partial charge in [-0.2, -0.15) is 5.10 Å². The highest BCUT2D eigenvalue weighted by molar-refractivity contribution is 5.88. The van der Waals surface area contributed by atoms with E-state index >= 15 is 0 Å². The molecular weight excluding hydrogens is 210 g/mol. The van der Waals surface area contributed by atoms with Crippen molar-refractivity contribution in [3.8, 4) is 0 Å². The SMILES string of the molecule is CC(=O)NC/C(C)=N\NC(=O)OC(C)(C)C. The molecule has 0 aromatic rings. The third-order valence-corrected chi connectivity index (χ3v) is 1.33. The second kappa shape index (κ2) is 6.09. The number of hydrogen-bond acceptors (Lipinski definition) is 4. The van der Waals surface area contributed by atoms with Gasteiger partial charge in [-0.1, -0.05) is 0 Å². The van der Waals surface area contributed by atoms with Gasteiger partial charge in [-0.3, -0.25) is 4.79 Å². The van der Waals surface area contributed by atoms with E-state index in [2.05, 4.69) is 15.8 Å². The number of carbonyl (C=O) groups excluding carboxylic acids is 2. The van der Waals surface area contributed by atoms with E-state index in [4.69, 9.17) is 4.74 Å². The maximum atomic E-state index is 11.2. The number of hydrazone groups is 1. The Kier molecular flexibility index (Phi) is 5.49. The van der Waals surface area contributed by atoms with Gasteiger partial charge in [-0.25, -0.2) is 10.2 Å². The number of carbonyl (C=O) groups is 2. The maximum Gasteiger partial charge on any atom is 0.428 e. The van der Waals surface area contributed by atoms with Crippen molar-refractivity contribution in [2.45, 2.75) is 40.2 Å². The van der Waals surface area contributed by atoms with Gasteiger partial charge < -0.3 is 10.1 Å². The smallest absolute Gasteiger partial charge is 0.428 e. The lowest BCUT2D eigenvalue weighted by Gasteiger charge is -2.18. The van der Waals surface area contributed by atoms with Crippen molar-refractivity contribution in [1.29, 1.82) is 0 Å². The highest BCUT2D eigenvalue weighted by Crippen LogP contribution is 2.06. The predicted molar refractivity (Wildman–Crippen MR) is 61.2 cm³/mol. The van der Waals surface area contributed by atoms with Crippen LogP contribution in [0.5, 0.6) is 0 Å². The molecule has 0 bridgehead atoms. The number of nitrogens with one attached hydrogen (secondary N) is 2. The summed E-state index contributed by atoms with van der Waals surface area (Å²) in [6, 6.07) is 0. The number of hydrogen-bond donors (Lipinski definition) is 2. The van der Waals surface area contributed by atoms with E-state index < -0.39 is 11.7 Å². The summed E-state index contributed by atoms with van der Waals surface area (Å²) in [7, 11) is 0. The first kappa shape index (κ1) is 14.4. The lowest BCUT2D eigenvalue weighted by molar-refractivity contribution is -0.118. The van der Waals surface area contributed by atoms with Crippen LogP contribution in [0.3, 0.4) is 0 Å². The lowest BCUT2D eigenvalue weighted by Crippen LogP contribution is -2.32. The molecule has 0 atom stereocenters. The largest absolute Gasteiger partial charge is 0.443 e. The Morgan fingerprint density at radius 2 is 1.81 bits per heavy atom. The fourth-order valence-electron chi connectivity index (χ4n) is 0.734. The Morgan fingerprint density at radius 1 is 1.25 bits per heavy atom. The van der Waals surface area contributed by atoms with E-state index in [0.29, 0.717) is 12.3 Å². The molecule has 2 N–H and O–H groups in total. The van der Waals surface area contributed by atoms with Gasteiger partial charge in [0.2, 0.25) is 5.91 Å². The van der Waals surface area contributed by atoms with Gasteiger partial charge in [-0.15, -0.1) is 0 Å². The molecule has 0 unspecified atom stereocenters. The molecule has 0 saturated heterocycles. The van der Waals surface area contributed by atoms with Crippen molar-refractivity contribution in [2.75, 3.05) is 6.54 Å². The summed E-state index contributed by atoms with van der Waals surface area (Å²) in [4.78, 5) is 21.8. The molecule has 16 heavy (non-hydrogen) atoms. The standard InChI is InChI=1S/C10H19N3O3/c1-7(6-11-8(2)14)12-13-9(15)16-10(3,4)5/h6H2,1-5H3,(H,11,14)(H,13,15)/b12-7-. The molecule has 0 aromatic carbocycles. The molecule has 0 rings (SSSR count). The average Bonchev–Trinajstić information content (AvgIpc) is 2.08. The molecule has 6 heteroatoms. The molecule has 0 spiro atoms. The molecular formula is C10H19N3O3. The van der Waals surface area contributed by atoms with Crippen LogP contribution in [0.15, 0.2) is 5.10 Å². The number of amides is 2. The van der Waals surface area contributed by atoms with Crippen LogP contribution < -0.4 is 10.7 Å². The quantitative estimate of drug-likeness (QED) is 0.560. The lowest BCUT2D eigenvalue weighted by atomic mass is 10.2. The Morgan fingerprint density at radius 3 is 2.25 bits per heavy atom. The Labute approximate surface area is 95.4 Å². The molecule has 0 aliphatic heterocycles. The average molecular weight is 229 g/mol. The summed E-state index contributed by atoms with van der Waals surface area (Å²) < 4.78 is 4.97. The molecule has 0 heterocycles. The zero-order valence-electron chi connectivity index (χ0n) is 10.4. The molecule has 0 saturated carbocycles. The first-order valence-corrected chi connectivity index (χ1v) is 4.97. The van der Waals surface area contributed by atoms with Gasteiger partial charge in [-0.05, 0) is 27.7 Å². The van der Waals surface area contributed by atoms with Gasteiger partial charge in [0.15, 0.2) is 0 Å². The Hall–Kier alpha value is -1.59. The van der Waals surface area contributed by atoms with Crippen LogP contribution in [0.2, 0.25) is 0 Å². The number of nitrogens with zero attached hydrogens (tertiary/aromatic N) is 1. The van der Waals surface area contributed by atoms with E-state index in [0.717, 1.165) is 0 Å². The topological polar surface area (TPSA) is 79.8 Å². The van der Waals surface area contributed by atoms with Crippen LogP contribution in [0, 0.1) is 0 Å². The van der Waals surface area contributed by atoms with Gasteiger partial charge in [0.25, 0.3) is 0 Å². The molecule has 92 valence electrons. The summed E-state index contributed by atoms with van der Waals surface area (Å²) in [5.74, 6) is -0.146. The van der Waals surface area contributed by atoms with Crippen molar-refractivity contribution in [3.63, 3.8) is 0 Å². The molecule has 6 nitrogen and oxygen atoms in total. The fourth-order valence-corrected chi connectivity index (χ4v) is 0.734. The van der Waals surface area contributed by atoms with E-state index in [1.165, 1.54) is 6.92 Å². The van der Waals surface area contributed by atoms with E-state index in [-0.39, 0.29) is 5.91 Å². The van der Waals surface area contributed by atoms with Gasteiger partial charge >= 0.3 is 6.09 Å². The highest BCUT2D eigenvalue weighted by Gasteiger charge is 2.15. The summed E-state index contributed by atoms with van der Waals surface area (Å²) in [6.45, 7) is 8.69. The second-order valence-electron chi connectivity index (χ2n) is 4.37. The molecule has 0 aliphatic carbocycles. The van der Waals surface area contributed by atoms with Crippen LogP contribution in [0.25, 0.3) is 0 Å². The van der Waals surface area contributed by atoms with Crippen molar-refractivity contribution in [2.24, 2.45) is 5.10 Å². The molecule has 0 fully saturated rings. The van der Waals surface area contributed by atoms with Gasteiger partial charge in [0.1, 0.15) is 5.60 Å². The number of rotatable bonds is 3. The van der Waals surface area contributed by atoms with Crippen LogP contribution >= 0.6 is 0 Å². The third kappa shape index (κ3) is 8.98. The minimum absolute atomic E-state index is 0.146. The summed E-state index contributed by atoms with van der Waals surface area (Å²) in [6.07, 6.45) is -0.616. The predicted octanol–water partition coefficient (Wildman–Crippen LogP) is 1.02. The molecule has 2 amide bonds. The second-order valence-corrected chi connectivity index (χ2v) is 4.37.